The lowest BCUT2D eigenvalue weighted by atomic mass is 9.94. The van der Waals surface area contributed by atoms with Gasteiger partial charge in [0.05, 0.1) is 137 Å². The quantitative estimate of drug-likeness (QED) is 0.0264. The number of phosphoric acid groups is 2. The van der Waals surface area contributed by atoms with Crippen LogP contribution in [0.1, 0.15) is 75.8 Å². The fraction of sp³-hybridized carbons (Fsp3) is 0.394. The second-order valence-corrected chi connectivity index (χ2v) is 32.7. The number of nitrogens with zero attached hydrogens (tertiary/aromatic N) is 2. The SMILES string of the molecule is N#CCCOP(=O)(OC[C@@H]1O[C@H](COCc2ccccc2)[C@@H](OCc2ccccc2)[C@H](OCc2ccccc2)C1OP(=O)(OCCC#N)OC[C@@H]1O[C@H](COCc2ccccc2)[C@@H](OCc2ccccc2)C(O)[C@H]1OCc1ccccc1)OC1[C@H](COCCCC(N)=O)O[C@H](COCc2ccccc2)[C@@H](OCc2ccccc2)[C@@H]1OCc1ccccc1. The third-order valence-corrected chi connectivity index (χ3v) is 23.3. The van der Waals surface area contributed by atoms with Gasteiger partial charge in [0.2, 0.25) is 5.91 Å². The van der Waals surface area contributed by atoms with E-state index in [4.69, 9.17) is 94.5 Å². The Morgan fingerprint density at radius 3 is 0.836 bits per heavy atom. The van der Waals surface area contributed by atoms with E-state index < -0.39 is 140 Å². The number of aliphatic hydroxyl groups is 1. The van der Waals surface area contributed by atoms with Crippen LogP contribution in [0.2, 0.25) is 0 Å². The fourth-order valence-corrected chi connectivity index (χ4v) is 17.0. The molecular formula is C94H107N3O23P2. The van der Waals surface area contributed by atoms with E-state index in [0.29, 0.717) is 5.56 Å². The summed E-state index contributed by atoms with van der Waals surface area (Å²) in [7, 11) is -10.5. The first-order valence-electron chi connectivity index (χ1n) is 41.0. The van der Waals surface area contributed by atoms with Gasteiger partial charge in [0.25, 0.3) is 0 Å². The van der Waals surface area contributed by atoms with Crippen molar-refractivity contribution in [2.75, 3.05) is 59.5 Å². The third kappa shape index (κ3) is 29.7. The molecule has 0 bridgehead atoms. The Bertz CT molecular complexity index is 4620. The number of ether oxygens (including phenoxy) is 13. The number of hydrogen-bond acceptors (Lipinski definition) is 25. The van der Waals surface area contributed by atoms with Gasteiger partial charge in [0.1, 0.15) is 91.6 Å². The molecule has 3 saturated heterocycles. The van der Waals surface area contributed by atoms with Crippen molar-refractivity contribution in [1.29, 1.82) is 10.5 Å². The highest BCUT2D eigenvalue weighted by atomic mass is 31.2. The molecule has 0 saturated carbocycles. The number of benzene rings is 9. The van der Waals surface area contributed by atoms with Crippen molar-refractivity contribution in [2.24, 2.45) is 5.73 Å². The maximum atomic E-state index is 16.8. The molecule has 3 aliphatic heterocycles. The first-order chi connectivity index (χ1) is 59.9. The van der Waals surface area contributed by atoms with Crippen molar-refractivity contribution in [1.82, 2.24) is 0 Å². The minimum Gasteiger partial charge on any atom is -0.387 e. The van der Waals surface area contributed by atoms with Crippen LogP contribution in [0.3, 0.4) is 0 Å². The smallest absolute Gasteiger partial charge is 0.387 e. The van der Waals surface area contributed by atoms with Crippen LogP contribution in [0.4, 0.5) is 0 Å². The maximum Gasteiger partial charge on any atom is 0.475 e. The minimum atomic E-state index is -5.26. The molecular weight excluding hydrogens is 1600 g/mol. The minimum absolute atomic E-state index is 0.0109. The highest BCUT2D eigenvalue weighted by molar-refractivity contribution is 7.48. The second kappa shape index (κ2) is 50.1. The van der Waals surface area contributed by atoms with E-state index in [1.165, 1.54) is 0 Å². The molecule has 26 nitrogen and oxygen atoms in total. The summed E-state index contributed by atoms with van der Waals surface area (Å²) in [6, 6.07) is 89.0. The lowest BCUT2D eigenvalue weighted by Gasteiger charge is -2.47. The van der Waals surface area contributed by atoms with E-state index in [1.54, 1.807) is 0 Å². The molecule has 3 N–H and O–H groups in total. The first kappa shape index (κ1) is 92.3. The number of nitriles is 2. The number of rotatable bonds is 52. The zero-order chi connectivity index (χ0) is 84.7. The predicted octanol–water partition coefficient (Wildman–Crippen LogP) is 15.0. The summed E-state index contributed by atoms with van der Waals surface area (Å²) >= 11 is 0. The van der Waals surface area contributed by atoms with Gasteiger partial charge in [-0.05, 0) is 56.5 Å². The Labute approximate surface area is 713 Å². The molecule has 0 aliphatic carbocycles. The summed E-state index contributed by atoms with van der Waals surface area (Å²) in [6.45, 7) is -2.79. The molecule has 12 rings (SSSR count). The Kier molecular flexibility index (Phi) is 37.9. The van der Waals surface area contributed by atoms with Crippen LogP contribution >= 0.6 is 15.6 Å². The number of primary amides is 1. The van der Waals surface area contributed by atoms with E-state index in [9.17, 15) is 20.4 Å². The number of nitrogens with two attached hydrogens (primary N) is 1. The van der Waals surface area contributed by atoms with Gasteiger partial charge < -0.3 is 72.4 Å². The van der Waals surface area contributed by atoms with E-state index >= 15 is 9.13 Å². The number of hydrogen-bond donors (Lipinski definition) is 2. The fourth-order valence-electron chi connectivity index (χ4n) is 14.2. The molecule has 3 aliphatic rings. The third-order valence-electron chi connectivity index (χ3n) is 20.3. The zero-order valence-electron chi connectivity index (χ0n) is 68.0. The van der Waals surface area contributed by atoms with Crippen LogP contribution < -0.4 is 5.73 Å². The Morgan fingerprint density at radius 2 is 0.549 bits per heavy atom. The monoisotopic (exact) mass is 1710 g/mol. The molecule has 0 aromatic heterocycles. The molecule has 5 unspecified atom stereocenters. The summed E-state index contributed by atoms with van der Waals surface area (Å²) in [5.74, 6) is -0.533. The summed E-state index contributed by atoms with van der Waals surface area (Å²) in [6.07, 6.45) is -19.6. The average Bonchev–Trinajstić information content (AvgIpc) is 0.776. The van der Waals surface area contributed by atoms with Gasteiger partial charge in [0, 0.05) is 13.0 Å². The number of aliphatic hydroxyl groups excluding tert-OH is 1. The molecule has 122 heavy (non-hydrogen) atoms. The van der Waals surface area contributed by atoms with Crippen molar-refractivity contribution in [2.45, 2.75) is 177 Å². The summed E-state index contributed by atoms with van der Waals surface area (Å²) in [5, 5.41) is 33.3. The molecule has 3 fully saturated rings. The van der Waals surface area contributed by atoms with Gasteiger partial charge >= 0.3 is 15.6 Å². The highest BCUT2D eigenvalue weighted by Gasteiger charge is 2.56. The van der Waals surface area contributed by atoms with Gasteiger partial charge in [-0.3, -0.25) is 31.9 Å². The Hall–Kier alpha value is -8.91. The summed E-state index contributed by atoms with van der Waals surface area (Å²) in [5.41, 5.74) is 12.8. The number of phosphoric ester groups is 2. The molecule has 17 atom stereocenters. The molecule has 0 radical (unpaired) electrons. The zero-order valence-corrected chi connectivity index (χ0v) is 69.8. The van der Waals surface area contributed by atoms with Crippen LogP contribution in [-0.2, 0) is 162 Å². The second-order valence-electron chi connectivity index (χ2n) is 29.5. The number of carbonyl (C=O) groups excluding carboxylic acids is 1. The number of carbonyl (C=O) groups is 1. The van der Waals surface area contributed by atoms with E-state index in [1.807, 2.05) is 273 Å². The van der Waals surface area contributed by atoms with Gasteiger partial charge in [-0.25, -0.2) is 9.13 Å². The molecule has 1 amide bonds. The lowest BCUT2D eigenvalue weighted by Crippen LogP contribution is -2.62. The average molecular weight is 1710 g/mol. The molecule has 3 heterocycles. The lowest BCUT2D eigenvalue weighted by molar-refractivity contribution is -0.270. The number of amides is 1. The predicted molar refractivity (Wildman–Crippen MR) is 449 cm³/mol. The van der Waals surface area contributed by atoms with Crippen LogP contribution in [0.15, 0.2) is 273 Å². The van der Waals surface area contributed by atoms with Gasteiger partial charge in [-0.15, -0.1) is 0 Å². The van der Waals surface area contributed by atoms with Crippen LogP contribution in [0.5, 0.6) is 0 Å². The van der Waals surface area contributed by atoms with Crippen LogP contribution in [0, 0.1) is 22.7 Å². The summed E-state index contributed by atoms with van der Waals surface area (Å²) in [4.78, 5) is 12.1. The molecule has 9 aromatic rings. The molecule has 28 heteroatoms. The van der Waals surface area contributed by atoms with Crippen LogP contribution in [-0.4, -0.2) is 162 Å². The van der Waals surface area contributed by atoms with Crippen molar-refractivity contribution >= 4 is 21.6 Å². The first-order valence-corrected chi connectivity index (χ1v) is 44.0. The Balaban J connectivity index is 0.941. The normalized spacial score (nSPS) is 23.8. The van der Waals surface area contributed by atoms with E-state index in [0.717, 1.165) is 44.5 Å². The van der Waals surface area contributed by atoms with Crippen molar-refractivity contribution in [3.63, 3.8) is 0 Å². The van der Waals surface area contributed by atoms with Crippen molar-refractivity contribution in [3.05, 3.63) is 323 Å². The highest BCUT2D eigenvalue weighted by Crippen LogP contribution is 2.56. The topological polar surface area (TPSA) is 320 Å². The standard InChI is InChI=1S/C94H107N3O23P2/c95-50-29-53-112-121(100,114-68-83-88(107-59-74-39-18-5-19-40-74)86(99)87(106-58-73-37-16-4-17-38-73)79(116-83)65-103-55-70-31-10-1-11-32-70)120-92-84(118-81(67-105-57-72-35-14-3-15-36-72)90(109-61-76-43-22-7-23-44-76)94(92)111-63-78-47-26-9-27-48-78)69-115-122(101,113-54-30-51-96)119-91-82(64-102-52-28-49-85(97)98)117-80(66-104-56-71-33-12-2-13-34-71)89(108-60-75-41-20-6-21-42-75)93(91)110-62-77-45-24-8-25-46-77/h1-27,31-48,79-84,86-94,99H,28-30,49,52-69H2,(H2,97,98)/t79-,80-,81-,82+,83+,84+,86?,87-,88+,89-,90-,91?,92?,93+,94+,121?,122?/m1/s1. The Morgan fingerprint density at radius 1 is 0.311 bits per heavy atom. The van der Waals surface area contributed by atoms with Crippen molar-refractivity contribution in [3.8, 4) is 12.1 Å². The van der Waals surface area contributed by atoms with Gasteiger partial charge in [0.15, 0.2) is 0 Å². The summed E-state index contributed by atoms with van der Waals surface area (Å²) < 4.78 is 162. The van der Waals surface area contributed by atoms with Gasteiger partial charge in [-0.2, -0.15) is 10.5 Å². The molecule has 0 spiro atoms. The van der Waals surface area contributed by atoms with Crippen LogP contribution in [0.25, 0.3) is 0 Å². The maximum absolute atomic E-state index is 16.8. The molecule has 646 valence electrons. The van der Waals surface area contributed by atoms with E-state index in [2.05, 4.69) is 12.1 Å². The van der Waals surface area contributed by atoms with Gasteiger partial charge in [-0.1, -0.05) is 273 Å². The van der Waals surface area contributed by atoms with E-state index in [-0.39, 0.29) is 118 Å². The largest absolute Gasteiger partial charge is 0.475 e. The molecule has 9 aromatic carbocycles. The van der Waals surface area contributed by atoms with Crippen molar-refractivity contribution < 1.29 is 108 Å².